The molecule has 0 radical (unpaired) electrons. The van der Waals surface area contributed by atoms with E-state index in [4.69, 9.17) is 5.73 Å². The first-order valence-electron chi connectivity index (χ1n) is 4.67. The van der Waals surface area contributed by atoms with Crippen LogP contribution in [0.25, 0.3) is 0 Å². The Kier molecular flexibility index (Phi) is 3.84. The molecule has 2 N–H and O–H groups in total. The van der Waals surface area contributed by atoms with Crippen molar-refractivity contribution in [2.75, 3.05) is 6.54 Å². The SMILES string of the molecule is NCC(F)CCC1CCCC1. The lowest BCUT2D eigenvalue weighted by Gasteiger charge is -2.09. The van der Waals surface area contributed by atoms with Crippen molar-refractivity contribution in [1.82, 2.24) is 0 Å². The minimum Gasteiger partial charge on any atom is -0.328 e. The number of nitrogens with two attached hydrogens (primary N) is 1. The minimum absolute atomic E-state index is 0.201. The van der Waals surface area contributed by atoms with Gasteiger partial charge >= 0.3 is 0 Å². The predicted octanol–water partition coefficient (Wildman–Crippen LogP) is 2.25. The second kappa shape index (κ2) is 4.70. The molecule has 11 heavy (non-hydrogen) atoms. The summed E-state index contributed by atoms with van der Waals surface area (Å²) in [5, 5.41) is 0. The van der Waals surface area contributed by atoms with Crippen LogP contribution in [0.1, 0.15) is 38.5 Å². The summed E-state index contributed by atoms with van der Waals surface area (Å²) in [4.78, 5) is 0. The van der Waals surface area contributed by atoms with E-state index in [-0.39, 0.29) is 6.54 Å². The third-order valence-corrected chi connectivity index (χ3v) is 2.62. The number of alkyl halides is 1. The van der Waals surface area contributed by atoms with Gasteiger partial charge in [-0.15, -0.1) is 0 Å². The maximum absolute atomic E-state index is 12.7. The number of hydrogen-bond acceptors (Lipinski definition) is 1. The van der Waals surface area contributed by atoms with E-state index in [1.165, 1.54) is 25.7 Å². The molecule has 1 aliphatic rings. The highest BCUT2D eigenvalue weighted by atomic mass is 19.1. The summed E-state index contributed by atoms with van der Waals surface area (Å²) >= 11 is 0. The molecule has 0 amide bonds. The maximum Gasteiger partial charge on any atom is 0.112 e. The van der Waals surface area contributed by atoms with E-state index in [0.29, 0.717) is 6.42 Å². The Labute approximate surface area is 68.2 Å². The van der Waals surface area contributed by atoms with E-state index in [9.17, 15) is 4.39 Å². The van der Waals surface area contributed by atoms with Crippen molar-refractivity contribution in [3.8, 4) is 0 Å². The van der Waals surface area contributed by atoms with Crippen LogP contribution in [0.4, 0.5) is 4.39 Å². The first kappa shape index (κ1) is 8.98. The molecule has 66 valence electrons. The summed E-state index contributed by atoms with van der Waals surface area (Å²) in [5.41, 5.74) is 5.18. The topological polar surface area (TPSA) is 26.0 Å². The van der Waals surface area contributed by atoms with E-state index < -0.39 is 6.17 Å². The largest absolute Gasteiger partial charge is 0.328 e. The van der Waals surface area contributed by atoms with E-state index in [2.05, 4.69) is 0 Å². The third kappa shape index (κ3) is 3.19. The van der Waals surface area contributed by atoms with Gasteiger partial charge in [0.05, 0.1) is 0 Å². The molecular weight excluding hydrogens is 141 g/mol. The molecule has 1 saturated carbocycles. The lowest BCUT2D eigenvalue weighted by Crippen LogP contribution is -2.15. The molecule has 1 atom stereocenters. The van der Waals surface area contributed by atoms with Gasteiger partial charge in [-0.25, -0.2) is 4.39 Å². The summed E-state index contributed by atoms with van der Waals surface area (Å²) in [6.07, 6.45) is 6.32. The Morgan fingerprint density at radius 3 is 2.55 bits per heavy atom. The lowest BCUT2D eigenvalue weighted by molar-refractivity contribution is 0.294. The first-order valence-corrected chi connectivity index (χ1v) is 4.67. The summed E-state index contributed by atoms with van der Waals surface area (Å²) in [7, 11) is 0. The highest BCUT2D eigenvalue weighted by molar-refractivity contribution is 4.69. The van der Waals surface area contributed by atoms with Gasteiger partial charge in [0.15, 0.2) is 0 Å². The molecule has 0 saturated heterocycles. The van der Waals surface area contributed by atoms with Crippen LogP contribution >= 0.6 is 0 Å². The summed E-state index contributed by atoms with van der Waals surface area (Å²) in [5.74, 6) is 0.805. The maximum atomic E-state index is 12.7. The van der Waals surface area contributed by atoms with Gasteiger partial charge < -0.3 is 5.73 Å². The van der Waals surface area contributed by atoms with Crippen LogP contribution < -0.4 is 5.73 Å². The standard InChI is InChI=1S/C9H18FN/c10-9(7-11)6-5-8-3-1-2-4-8/h8-9H,1-7,11H2. The van der Waals surface area contributed by atoms with Gasteiger partial charge in [-0.3, -0.25) is 0 Å². The van der Waals surface area contributed by atoms with Crippen LogP contribution in [-0.2, 0) is 0 Å². The molecular formula is C9H18FN. The van der Waals surface area contributed by atoms with Gasteiger partial charge in [0.1, 0.15) is 6.17 Å². The predicted molar refractivity (Wildman–Crippen MR) is 45.1 cm³/mol. The number of rotatable bonds is 4. The minimum atomic E-state index is -0.754. The van der Waals surface area contributed by atoms with Gasteiger partial charge in [-0.05, 0) is 18.8 Å². The fourth-order valence-electron chi connectivity index (χ4n) is 1.83. The van der Waals surface area contributed by atoms with Gasteiger partial charge in [0.25, 0.3) is 0 Å². The van der Waals surface area contributed by atoms with E-state index in [1.807, 2.05) is 0 Å². The quantitative estimate of drug-likeness (QED) is 0.669. The van der Waals surface area contributed by atoms with Crippen LogP contribution in [0.2, 0.25) is 0 Å². The Morgan fingerprint density at radius 2 is 2.00 bits per heavy atom. The van der Waals surface area contributed by atoms with Crippen LogP contribution in [0.5, 0.6) is 0 Å². The average molecular weight is 159 g/mol. The zero-order valence-corrected chi connectivity index (χ0v) is 7.06. The Hall–Kier alpha value is -0.110. The molecule has 0 aromatic rings. The summed E-state index contributed by atoms with van der Waals surface area (Å²) in [6.45, 7) is 0.201. The van der Waals surface area contributed by atoms with Crippen molar-refractivity contribution in [3.63, 3.8) is 0 Å². The van der Waals surface area contributed by atoms with Crippen molar-refractivity contribution in [2.24, 2.45) is 11.7 Å². The lowest BCUT2D eigenvalue weighted by atomic mass is 10.0. The van der Waals surface area contributed by atoms with E-state index in [1.54, 1.807) is 0 Å². The molecule has 1 rings (SSSR count). The third-order valence-electron chi connectivity index (χ3n) is 2.62. The molecule has 0 aromatic heterocycles. The number of halogens is 1. The van der Waals surface area contributed by atoms with Gasteiger partial charge in [-0.2, -0.15) is 0 Å². The fourth-order valence-corrected chi connectivity index (χ4v) is 1.83. The van der Waals surface area contributed by atoms with Crippen molar-refractivity contribution >= 4 is 0 Å². The summed E-state index contributed by atoms with van der Waals surface area (Å²) < 4.78 is 12.7. The van der Waals surface area contributed by atoms with Gasteiger partial charge in [0, 0.05) is 6.54 Å². The molecule has 1 unspecified atom stereocenters. The second-order valence-corrected chi connectivity index (χ2v) is 3.56. The zero-order chi connectivity index (χ0) is 8.10. The Bertz CT molecular complexity index is 99.7. The van der Waals surface area contributed by atoms with Gasteiger partial charge in [0.2, 0.25) is 0 Å². The van der Waals surface area contributed by atoms with E-state index >= 15 is 0 Å². The van der Waals surface area contributed by atoms with Crippen LogP contribution in [-0.4, -0.2) is 12.7 Å². The molecule has 1 fully saturated rings. The van der Waals surface area contributed by atoms with E-state index in [0.717, 1.165) is 12.3 Å². The molecule has 1 aliphatic carbocycles. The highest BCUT2D eigenvalue weighted by Crippen LogP contribution is 2.29. The van der Waals surface area contributed by atoms with Crippen LogP contribution in [0, 0.1) is 5.92 Å². The molecule has 0 aromatic carbocycles. The van der Waals surface area contributed by atoms with Gasteiger partial charge in [-0.1, -0.05) is 25.7 Å². The normalized spacial score (nSPS) is 22.4. The van der Waals surface area contributed by atoms with Crippen molar-refractivity contribution < 1.29 is 4.39 Å². The number of hydrogen-bond donors (Lipinski definition) is 1. The molecule has 0 heterocycles. The van der Waals surface area contributed by atoms with Crippen molar-refractivity contribution in [1.29, 1.82) is 0 Å². The Morgan fingerprint density at radius 1 is 1.36 bits per heavy atom. The molecule has 0 spiro atoms. The zero-order valence-electron chi connectivity index (χ0n) is 7.06. The summed E-state index contributed by atoms with van der Waals surface area (Å²) in [6, 6.07) is 0. The average Bonchev–Trinajstić information content (AvgIpc) is 2.52. The molecule has 2 heteroatoms. The van der Waals surface area contributed by atoms with Crippen molar-refractivity contribution in [2.45, 2.75) is 44.7 Å². The van der Waals surface area contributed by atoms with Crippen LogP contribution in [0.15, 0.2) is 0 Å². The second-order valence-electron chi connectivity index (χ2n) is 3.56. The molecule has 1 nitrogen and oxygen atoms in total. The van der Waals surface area contributed by atoms with Crippen LogP contribution in [0.3, 0.4) is 0 Å². The molecule has 0 aliphatic heterocycles. The monoisotopic (exact) mass is 159 g/mol. The van der Waals surface area contributed by atoms with Crippen molar-refractivity contribution in [3.05, 3.63) is 0 Å². The smallest absolute Gasteiger partial charge is 0.112 e. The Balaban J connectivity index is 2.01. The highest BCUT2D eigenvalue weighted by Gasteiger charge is 2.16. The fraction of sp³-hybridized carbons (Fsp3) is 1.00. The molecule has 0 bridgehead atoms. The first-order chi connectivity index (χ1) is 5.33.